The first-order chi connectivity index (χ1) is 10.1. The molecule has 1 aromatic heterocycles. The van der Waals surface area contributed by atoms with Crippen molar-refractivity contribution in [1.82, 2.24) is 9.88 Å². The molecule has 0 unspecified atom stereocenters. The molecule has 0 spiro atoms. The highest BCUT2D eigenvalue weighted by atomic mass is 32.1. The van der Waals surface area contributed by atoms with Gasteiger partial charge in [0, 0.05) is 31.0 Å². The first-order valence-corrected chi connectivity index (χ1v) is 7.16. The number of rotatable bonds is 7. The number of ether oxygens (including phenoxy) is 1. The molecule has 0 saturated heterocycles. The van der Waals surface area contributed by atoms with E-state index in [4.69, 9.17) is 22.7 Å². The molecule has 1 aromatic carbocycles. The van der Waals surface area contributed by atoms with Crippen LogP contribution in [0.15, 0.2) is 48.8 Å². The Bertz CT molecular complexity index is 572. The summed E-state index contributed by atoms with van der Waals surface area (Å²) in [6.07, 6.45) is 3.66. The topological polar surface area (TPSA) is 51.4 Å². The van der Waals surface area contributed by atoms with Crippen molar-refractivity contribution >= 4 is 17.2 Å². The van der Waals surface area contributed by atoms with Crippen molar-refractivity contribution in [1.29, 1.82) is 0 Å². The minimum Gasteiger partial charge on any atom is -0.492 e. The highest BCUT2D eigenvalue weighted by Gasteiger charge is 2.02. The van der Waals surface area contributed by atoms with Crippen LogP contribution in [0.1, 0.15) is 11.1 Å². The van der Waals surface area contributed by atoms with Crippen molar-refractivity contribution in [2.75, 3.05) is 20.2 Å². The average Bonchev–Trinajstić information content (AvgIpc) is 2.49. The van der Waals surface area contributed by atoms with Gasteiger partial charge in [-0.1, -0.05) is 18.3 Å². The Kier molecular flexibility index (Phi) is 5.66. The van der Waals surface area contributed by atoms with Gasteiger partial charge in [0.1, 0.15) is 17.3 Å². The number of nitrogens with two attached hydrogens (primary N) is 1. The van der Waals surface area contributed by atoms with Crippen LogP contribution in [-0.4, -0.2) is 35.1 Å². The molecule has 2 rings (SSSR count). The first kappa shape index (κ1) is 15.4. The van der Waals surface area contributed by atoms with Crippen LogP contribution in [0.25, 0.3) is 0 Å². The Balaban J connectivity index is 1.74. The lowest BCUT2D eigenvalue weighted by atomic mass is 10.2. The number of nitrogens with zero attached hydrogens (tertiary/aromatic N) is 2. The van der Waals surface area contributed by atoms with E-state index in [0.717, 1.165) is 24.4 Å². The van der Waals surface area contributed by atoms with Gasteiger partial charge in [-0.2, -0.15) is 0 Å². The Morgan fingerprint density at radius 1 is 1.29 bits per heavy atom. The number of hydrogen-bond acceptors (Lipinski definition) is 4. The molecule has 5 heteroatoms. The normalized spacial score (nSPS) is 10.6. The van der Waals surface area contributed by atoms with E-state index >= 15 is 0 Å². The highest BCUT2D eigenvalue weighted by Crippen LogP contribution is 2.12. The van der Waals surface area contributed by atoms with Crippen LogP contribution in [-0.2, 0) is 6.54 Å². The molecule has 0 amide bonds. The van der Waals surface area contributed by atoms with Crippen molar-refractivity contribution in [3.8, 4) is 5.75 Å². The SMILES string of the molecule is CN(CCOc1ccc(C(N)=S)cc1)Cc1cccnc1. The second kappa shape index (κ2) is 7.71. The third-order valence-corrected chi connectivity index (χ3v) is 3.29. The summed E-state index contributed by atoms with van der Waals surface area (Å²) in [6.45, 7) is 2.33. The number of thiocarbonyl (C=S) groups is 1. The maximum atomic E-state index is 5.71. The Morgan fingerprint density at radius 2 is 2.05 bits per heavy atom. The highest BCUT2D eigenvalue weighted by molar-refractivity contribution is 7.80. The van der Waals surface area contributed by atoms with Gasteiger partial charge in [0.05, 0.1) is 0 Å². The van der Waals surface area contributed by atoms with E-state index in [2.05, 4.69) is 23.0 Å². The standard InChI is InChI=1S/C16H19N3OS/c1-19(12-13-3-2-8-18-11-13)9-10-20-15-6-4-14(5-7-15)16(17)21/h2-8,11H,9-10,12H2,1H3,(H2,17,21). The molecule has 0 aliphatic heterocycles. The molecule has 0 aliphatic carbocycles. The van der Waals surface area contributed by atoms with Crippen molar-refractivity contribution in [2.45, 2.75) is 6.54 Å². The summed E-state index contributed by atoms with van der Waals surface area (Å²) in [5.41, 5.74) is 7.60. The van der Waals surface area contributed by atoms with E-state index in [1.165, 1.54) is 5.56 Å². The molecule has 0 saturated carbocycles. The molecule has 2 N–H and O–H groups in total. The lowest BCUT2D eigenvalue weighted by molar-refractivity contribution is 0.232. The number of likely N-dealkylation sites (N-methyl/N-ethyl adjacent to an activating group) is 1. The molecule has 21 heavy (non-hydrogen) atoms. The molecule has 0 aliphatic rings. The summed E-state index contributed by atoms with van der Waals surface area (Å²) in [5.74, 6) is 0.824. The number of hydrogen-bond donors (Lipinski definition) is 1. The van der Waals surface area contributed by atoms with E-state index in [1.54, 1.807) is 6.20 Å². The zero-order valence-corrected chi connectivity index (χ0v) is 12.8. The second-order valence-corrected chi connectivity index (χ2v) is 5.28. The van der Waals surface area contributed by atoms with Crippen molar-refractivity contribution in [3.05, 3.63) is 59.9 Å². The molecular weight excluding hydrogens is 282 g/mol. The maximum absolute atomic E-state index is 5.71. The smallest absolute Gasteiger partial charge is 0.119 e. The van der Waals surface area contributed by atoms with Crippen molar-refractivity contribution < 1.29 is 4.74 Å². The van der Waals surface area contributed by atoms with Gasteiger partial charge in [0.15, 0.2) is 0 Å². The molecular formula is C16H19N3OS. The molecule has 1 heterocycles. The second-order valence-electron chi connectivity index (χ2n) is 4.84. The minimum atomic E-state index is 0.401. The van der Waals surface area contributed by atoms with Crippen LogP contribution in [0, 0.1) is 0 Å². The van der Waals surface area contributed by atoms with Crippen LogP contribution in [0.2, 0.25) is 0 Å². The summed E-state index contributed by atoms with van der Waals surface area (Å²) in [7, 11) is 2.06. The predicted octanol–water partition coefficient (Wildman–Crippen LogP) is 2.23. The Labute approximate surface area is 130 Å². The largest absolute Gasteiger partial charge is 0.492 e. The molecule has 0 atom stereocenters. The van der Waals surface area contributed by atoms with Crippen LogP contribution >= 0.6 is 12.2 Å². The zero-order valence-electron chi connectivity index (χ0n) is 12.0. The van der Waals surface area contributed by atoms with Gasteiger partial charge in [-0.05, 0) is 42.9 Å². The number of pyridine rings is 1. The summed E-state index contributed by atoms with van der Waals surface area (Å²) in [4.78, 5) is 6.70. The maximum Gasteiger partial charge on any atom is 0.119 e. The fraction of sp³-hybridized carbons (Fsp3) is 0.250. The first-order valence-electron chi connectivity index (χ1n) is 6.75. The fourth-order valence-electron chi connectivity index (χ4n) is 1.92. The van der Waals surface area contributed by atoms with Crippen molar-refractivity contribution in [2.24, 2.45) is 5.73 Å². The van der Waals surface area contributed by atoms with Crippen LogP contribution < -0.4 is 10.5 Å². The monoisotopic (exact) mass is 301 g/mol. The van der Waals surface area contributed by atoms with Gasteiger partial charge in [-0.3, -0.25) is 9.88 Å². The summed E-state index contributed by atoms with van der Waals surface area (Å²) >= 11 is 4.91. The van der Waals surface area contributed by atoms with Gasteiger partial charge >= 0.3 is 0 Å². The predicted molar refractivity (Wildman–Crippen MR) is 88.4 cm³/mol. The lowest BCUT2D eigenvalue weighted by Gasteiger charge is -2.16. The van der Waals surface area contributed by atoms with E-state index in [0.29, 0.717) is 11.6 Å². The van der Waals surface area contributed by atoms with Crippen LogP contribution in [0.5, 0.6) is 5.75 Å². The van der Waals surface area contributed by atoms with Crippen molar-refractivity contribution in [3.63, 3.8) is 0 Å². The summed E-state index contributed by atoms with van der Waals surface area (Å²) < 4.78 is 5.71. The number of aromatic nitrogens is 1. The molecule has 2 aromatic rings. The third kappa shape index (κ3) is 5.13. The molecule has 0 radical (unpaired) electrons. The summed E-state index contributed by atoms with van der Waals surface area (Å²) in [5, 5.41) is 0. The molecule has 0 bridgehead atoms. The van der Waals surface area contributed by atoms with Gasteiger partial charge in [-0.15, -0.1) is 0 Å². The van der Waals surface area contributed by atoms with E-state index in [9.17, 15) is 0 Å². The zero-order chi connectivity index (χ0) is 15.1. The molecule has 4 nitrogen and oxygen atoms in total. The van der Waals surface area contributed by atoms with Gasteiger partial charge in [0.25, 0.3) is 0 Å². The Hall–Kier alpha value is -1.98. The van der Waals surface area contributed by atoms with E-state index in [-0.39, 0.29) is 0 Å². The summed E-state index contributed by atoms with van der Waals surface area (Å²) in [6, 6.07) is 11.5. The van der Waals surface area contributed by atoms with Gasteiger partial charge in [0.2, 0.25) is 0 Å². The number of benzene rings is 1. The van der Waals surface area contributed by atoms with Gasteiger partial charge in [-0.25, -0.2) is 0 Å². The quantitative estimate of drug-likeness (QED) is 0.795. The minimum absolute atomic E-state index is 0.401. The Morgan fingerprint density at radius 3 is 2.67 bits per heavy atom. The third-order valence-electron chi connectivity index (χ3n) is 3.06. The van der Waals surface area contributed by atoms with E-state index < -0.39 is 0 Å². The van der Waals surface area contributed by atoms with E-state index in [1.807, 2.05) is 36.5 Å². The molecule has 0 fully saturated rings. The van der Waals surface area contributed by atoms with Gasteiger partial charge < -0.3 is 10.5 Å². The fourth-order valence-corrected chi connectivity index (χ4v) is 2.05. The van der Waals surface area contributed by atoms with Crippen LogP contribution in [0.3, 0.4) is 0 Å². The molecule has 110 valence electrons. The lowest BCUT2D eigenvalue weighted by Crippen LogP contribution is -2.23. The average molecular weight is 301 g/mol. The van der Waals surface area contributed by atoms with Crippen LogP contribution in [0.4, 0.5) is 0 Å².